The first kappa shape index (κ1) is 22.1. The van der Waals surface area contributed by atoms with E-state index in [4.69, 9.17) is 21.1 Å². The van der Waals surface area contributed by atoms with E-state index in [1.165, 1.54) is 18.5 Å². The Kier molecular flexibility index (Phi) is 6.72. The van der Waals surface area contributed by atoms with Crippen molar-refractivity contribution in [3.8, 4) is 11.5 Å². The number of anilines is 2. The first-order valence-electron chi connectivity index (χ1n) is 9.87. The first-order valence-corrected chi connectivity index (χ1v) is 10.3. The van der Waals surface area contributed by atoms with Crippen LogP contribution in [0, 0.1) is 5.82 Å². The van der Waals surface area contributed by atoms with E-state index in [0.29, 0.717) is 34.6 Å². The van der Waals surface area contributed by atoms with Gasteiger partial charge in [-0.15, -0.1) is 6.04 Å². The van der Waals surface area contributed by atoms with Crippen molar-refractivity contribution >= 4 is 34.0 Å². The van der Waals surface area contributed by atoms with Crippen molar-refractivity contribution < 1.29 is 13.9 Å². The van der Waals surface area contributed by atoms with Crippen LogP contribution in [0.4, 0.5) is 15.9 Å². The third kappa shape index (κ3) is 4.75. The normalized spacial score (nSPS) is 18.3. The summed E-state index contributed by atoms with van der Waals surface area (Å²) in [5, 5.41) is 8.38. The molecule has 9 heteroatoms. The average molecular weight is 699 g/mol. The molecule has 0 atom stereocenters. The number of ether oxygens (including phenoxy) is 2. The molecule has 31 heavy (non-hydrogen) atoms. The maximum Gasteiger partial charge on any atom is 0.162 e. The number of rotatable bonds is 6. The quantitative estimate of drug-likeness (QED) is 0.349. The second-order valence-electron chi connectivity index (χ2n) is 7.30. The first-order chi connectivity index (χ1) is 14.6. The molecule has 1 N–H and O–H groups in total. The van der Waals surface area contributed by atoms with E-state index < -0.39 is 5.82 Å². The van der Waals surface area contributed by atoms with Crippen molar-refractivity contribution in [3.05, 3.63) is 52.8 Å². The molecule has 1 fully saturated rings. The van der Waals surface area contributed by atoms with Crippen LogP contribution in [0.5, 0.6) is 11.5 Å². The van der Waals surface area contributed by atoms with E-state index >= 15 is 0 Å². The van der Waals surface area contributed by atoms with Crippen molar-refractivity contribution in [3.63, 3.8) is 0 Å². The SMILES string of the molecule is C[N-]C1CCC(Oc2cc3c(Nc4ccc(F)c(Cl)c4)ncnc3cc2OC)CC1.[Sg]. The zero-order valence-corrected chi connectivity index (χ0v) is 24.8. The Morgan fingerprint density at radius 3 is 2.55 bits per heavy atom. The molecule has 1 saturated carbocycles. The Balaban J connectivity index is 0.00000272. The summed E-state index contributed by atoms with van der Waals surface area (Å²) >= 11 is 5.90. The van der Waals surface area contributed by atoms with Gasteiger partial charge in [-0.1, -0.05) is 24.4 Å². The number of halogens is 2. The molecule has 1 aromatic heterocycles. The van der Waals surface area contributed by atoms with Crippen LogP contribution in [0.3, 0.4) is 0 Å². The summed E-state index contributed by atoms with van der Waals surface area (Å²) in [5.74, 6) is 1.38. The minimum atomic E-state index is -0.472. The molecule has 4 rings (SSSR count). The summed E-state index contributed by atoms with van der Waals surface area (Å²) in [4.78, 5) is 8.70. The summed E-state index contributed by atoms with van der Waals surface area (Å²) in [5.41, 5.74) is 1.33. The van der Waals surface area contributed by atoms with Gasteiger partial charge < -0.3 is 20.1 Å². The third-order valence-electron chi connectivity index (χ3n) is 5.41. The van der Waals surface area contributed by atoms with Crippen LogP contribution in [0.25, 0.3) is 16.2 Å². The van der Waals surface area contributed by atoms with E-state index in [2.05, 4.69) is 20.6 Å². The second-order valence-corrected chi connectivity index (χ2v) is 7.71. The molecule has 0 bridgehead atoms. The van der Waals surface area contributed by atoms with Gasteiger partial charge in [0.25, 0.3) is 0 Å². The fourth-order valence-corrected chi connectivity index (χ4v) is 3.91. The van der Waals surface area contributed by atoms with Crippen LogP contribution in [-0.2, 0) is 0 Å². The summed E-state index contributed by atoms with van der Waals surface area (Å²) < 4.78 is 25.3. The Labute approximate surface area is 179 Å². The maximum absolute atomic E-state index is 13.5. The van der Waals surface area contributed by atoms with Crippen molar-refractivity contribution in [2.45, 2.75) is 37.8 Å². The van der Waals surface area contributed by atoms with Gasteiger partial charge >= 0.3 is 0 Å². The molecule has 0 unspecified atom stereocenters. The van der Waals surface area contributed by atoms with Gasteiger partial charge in [0.2, 0.25) is 0 Å². The van der Waals surface area contributed by atoms with Gasteiger partial charge in [-0.3, -0.25) is 0 Å². The Morgan fingerprint density at radius 2 is 1.87 bits per heavy atom. The van der Waals surface area contributed by atoms with Crippen LogP contribution in [0.1, 0.15) is 25.7 Å². The van der Waals surface area contributed by atoms with Gasteiger partial charge in [-0.05, 0) is 37.1 Å². The molecule has 0 saturated heterocycles. The molecule has 1 heterocycles. The van der Waals surface area contributed by atoms with Crippen LogP contribution in [0.15, 0.2) is 36.7 Å². The van der Waals surface area contributed by atoms with Crippen LogP contribution >= 0.6 is 11.6 Å². The maximum atomic E-state index is 13.5. The molecule has 0 amide bonds. The fourth-order valence-electron chi connectivity index (χ4n) is 3.73. The van der Waals surface area contributed by atoms with Crippen LogP contribution < -0.4 is 14.8 Å². The van der Waals surface area contributed by atoms with Crippen LogP contribution in [0.2, 0.25) is 5.02 Å². The topological polar surface area (TPSA) is 70.4 Å². The third-order valence-corrected chi connectivity index (χ3v) is 5.70. The zero-order valence-electron chi connectivity index (χ0n) is 17.6. The smallest absolute Gasteiger partial charge is 0.162 e. The monoisotopic (exact) mass is 700 g/mol. The van der Waals surface area contributed by atoms with Crippen molar-refractivity contribution in [2.24, 2.45) is 0 Å². The van der Waals surface area contributed by atoms with Crippen molar-refractivity contribution in [1.29, 1.82) is 0 Å². The van der Waals surface area contributed by atoms with Gasteiger partial charge in [0.1, 0.15) is 18.0 Å². The predicted octanol–water partition coefficient (Wildman–Crippen LogP) is 5.87. The molecule has 0 spiro atoms. The number of benzene rings is 2. The number of hydrogen-bond donors (Lipinski definition) is 1. The Morgan fingerprint density at radius 1 is 1.10 bits per heavy atom. The molecule has 0 aliphatic heterocycles. The number of fused-ring (bicyclic) bond motifs is 1. The van der Waals surface area contributed by atoms with Gasteiger partial charge in [-0.2, -0.15) is 7.05 Å². The minimum absolute atomic E-state index is 0. The number of aromatic nitrogens is 2. The fraction of sp³-hybridized carbons (Fsp3) is 0.364. The van der Waals surface area contributed by atoms with E-state index in [9.17, 15) is 4.39 Å². The van der Waals surface area contributed by atoms with E-state index in [1.807, 2.05) is 19.2 Å². The molecule has 1 aliphatic carbocycles. The number of nitrogens with zero attached hydrogens (tertiary/aromatic N) is 3. The summed E-state index contributed by atoms with van der Waals surface area (Å²) in [6.07, 6.45) is 5.54. The molecule has 2 aromatic carbocycles. The van der Waals surface area contributed by atoms with E-state index in [-0.39, 0.29) is 11.1 Å². The van der Waals surface area contributed by atoms with E-state index in [1.54, 1.807) is 13.2 Å². The summed E-state index contributed by atoms with van der Waals surface area (Å²) in [6.45, 7) is 0. The van der Waals surface area contributed by atoms with Gasteiger partial charge in [0.15, 0.2) is 11.5 Å². The zero-order chi connectivity index (χ0) is 21.1. The van der Waals surface area contributed by atoms with Crippen molar-refractivity contribution in [2.75, 3.05) is 19.5 Å². The van der Waals surface area contributed by atoms with E-state index in [0.717, 1.165) is 31.1 Å². The Hall–Kier alpha value is -3.64. The largest absolute Gasteiger partial charge is 0.662 e. The number of hydrogen-bond acceptors (Lipinski definition) is 5. The minimum Gasteiger partial charge on any atom is -0.662 e. The van der Waals surface area contributed by atoms with Gasteiger partial charge in [0, 0.05) is 17.1 Å². The number of nitrogens with one attached hydrogen (secondary N) is 1. The van der Waals surface area contributed by atoms with Crippen LogP contribution in [-0.4, -0.2) is 36.3 Å². The molecular weight excluding hydrogens is 676 g/mol. The average Bonchev–Trinajstić information content (AvgIpc) is 2.77. The summed E-state index contributed by atoms with van der Waals surface area (Å²) in [6, 6.07) is 8.58. The van der Waals surface area contributed by atoms with Crippen molar-refractivity contribution in [1.82, 2.24) is 9.97 Å². The Bertz CT molecular complexity index is 1050. The summed E-state index contributed by atoms with van der Waals surface area (Å²) in [7, 11) is 3.49. The molecule has 6 nitrogen and oxygen atoms in total. The molecule has 1 aliphatic rings. The molecular formula is C22H23ClFN4O2Sg-. The second kappa shape index (κ2) is 9.45. The molecule has 160 valence electrons. The standard InChI is InChI=1S/C22H23ClFN4O2.Sg/c1-25-13-3-6-15(7-4-13)30-21-10-16-19(11-20(21)29-2)26-12-27-22(16)28-14-5-8-18(24)17(23)9-14;/h5,8-13,15H,3-4,6-7H2,1-2H3,(H,26,27,28);/q-1;. The molecule has 3 aromatic rings. The predicted molar refractivity (Wildman–Crippen MR) is 117 cm³/mol. The van der Waals surface area contributed by atoms with Gasteiger partial charge in [-0.25, -0.2) is 14.4 Å². The molecule has 0 radical (unpaired) electrons. The number of methoxy groups -OCH3 is 1. The van der Waals surface area contributed by atoms with Gasteiger partial charge in [0.05, 0.1) is 23.8 Å².